The number of thiazole rings is 1. The normalized spacial score (nSPS) is 17.4. The van der Waals surface area contributed by atoms with Crippen LogP contribution in [0, 0.1) is 0 Å². The number of anilines is 1. The smallest absolute Gasteiger partial charge is 0.220 e. The summed E-state index contributed by atoms with van der Waals surface area (Å²) in [5.74, 6) is 0.955. The Bertz CT molecular complexity index is 604. The van der Waals surface area contributed by atoms with Crippen LogP contribution in [0.15, 0.2) is 46.8 Å². The van der Waals surface area contributed by atoms with Crippen molar-refractivity contribution in [1.29, 1.82) is 0 Å². The van der Waals surface area contributed by atoms with Crippen LogP contribution in [-0.4, -0.2) is 35.8 Å². The minimum absolute atomic E-state index is 0.138. The highest BCUT2D eigenvalue weighted by atomic mass is 32.2. The number of hydrogen-bond acceptors (Lipinski definition) is 5. The van der Waals surface area contributed by atoms with Gasteiger partial charge in [0.2, 0.25) is 5.91 Å². The lowest BCUT2D eigenvalue weighted by molar-refractivity contribution is -0.120. The standard InChI is InChI=1S/C17H21N3OS2/c21-16(8-11-22-15-6-2-1-3-7-15)19-13-14-5-4-10-20(14)17-18-9-12-23-17/h1-3,6-7,9,12,14H,4-5,8,10-11,13H2,(H,19,21)/t14-/m1/s1. The van der Waals surface area contributed by atoms with E-state index in [1.165, 1.54) is 11.3 Å². The summed E-state index contributed by atoms with van der Waals surface area (Å²) in [4.78, 5) is 20.0. The Morgan fingerprint density at radius 3 is 3.04 bits per heavy atom. The molecule has 1 fully saturated rings. The maximum Gasteiger partial charge on any atom is 0.220 e. The zero-order valence-electron chi connectivity index (χ0n) is 13.0. The molecule has 1 amide bonds. The molecule has 3 rings (SSSR count). The molecule has 1 aliphatic heterocycles. The van der Waals surface area contributed by atoms with Gasteiger partial charge in [0.25, 0.3) is 0 Å². The zero-order chi connectivity index (χ0) is 15.9. The van der Waals surface area contributed by atoms with Crippen molar-refractivity contribution in [3.63, 3.8) is 0 Å². The van der Waals surface area contributed by atoms with Crippen LogP contribution >= 0.6 is 23.1 Å². The molecule has 1 saturated heterocycles. The van der Waals surface area contributed by atoms with Crippen LogP contribution < -0.4 is 10.2 Å². The number of carbonyl (C=O) groups excluding carboxylic acids is 1. The van der Waals surface area contributed by atoms with Crippen LogP contribution in [-0.2, 0) is 4.79 Å². The van der Waals surface area contributed by atoms with Gasteiger partial charge in [-0.05, 0) is 25.0 Å². The van der Waals surface area contributed by atoms with E-state index >= 15 is 0 Å². The van der Waals surface area contributed by atoms with Crippen LogP contribution in [0.2, 0.25) is 0 Å². The minimum atomic E-state index is 0.138. The summed E-state index contributed by atoms with van der Waals surface area (Å²) in [7, 11) is 0. The van der Waals surface area contributed by atoms with Crippen LogP contribution in [0.5, 0.6) is 0 Å². The molecule has 0 unspecified atom stereocenters. The van der Waals surface area contributed by atoms with Gasteiger partial charge in [-0.2, -0.15) is 0 Å². The maximum atomic E-state index is 12.0. The topological polar surface area (TPSA) is 45.2 Å². The third-order valence-electron chi connectivity index (χ3n) is 3.92. The average Bonchev–Trinajstić information content (AvgIpc) is 3.25. The van der Waals surface area contributed by atoms with Crippen molar-refractivity contribution in [3.8, 4) is 0 Å². The summed E-state index contributed by atoms with van der Waals surface area (Å²) in [5.41, 5.74) is 0. The third kappa shape index (κ3) is 4.72. The summed E-state index contributed by atoms with van der Waals surface area (Å²) in [6, 6.07) is 10.6. The summed E-state index contributed by atoms with van der Waals surface area (Å²) in [6.45, 7) is 1.76. The Balaban J connectivity index is 1.39. The number of carbonyl (C=O) groups is 1. The average molecular weight is 348 g/mol. The number of hydrogen-bond donors (Lipinski definition) is 1. The van der Waals surface area contributed by atoms with Gasteiger partial charge in [-0.15, -0.1) is 23.1 Å². The molecule has 2 aromatic rings. The molecule has 0 bridgehead atoms. The van der Waals surface area contributed by atoms with Gasteiger partial charge >= 0.3 is 0 Å². The van der Waals surface area contributed by atoms with Gasteiger partial charge in [-0.1, -0.05) is 18.2 Å². The van der Waals surface area contributed by atoms with Crippen molar-refractivity contribution in [2.24, 2.45) is 0 Å². The van der Waals surface area contributed by atoms with E-state index in [1.807, 2.05) is 29.8 Å². The third-order valence-corrected chi connectivity index (χ3v) is 5.74. The van der Waals surface area contributed by atoms with E-state index in [1.54, 1.807) is 23.1 Å². The molecule has 1 N–H and O–H groups in total. The Kier molecular flexibility index (Phi) is 5.93. The fourth-order valence-corrected chi connectivity index (χ4v) is 4.37. The molecule has 122 valence electrons. The molecule has 6 heteroatoms. The molecule has 1 aliphatic rings. The van der Waals surface area contributed by atoms with Gasteiger partial charge in [-0.3, -0.25) is 4.79 Å². The molecule has 23 heavy (non-hydrogen) atoms. The first kappa shape index (κ1) is 16.3. The van der Waals surface area contributed by atoms with E-state index in [0.29, 0.717) is 19.0 Å². The molecule has 1 aromatic carbocycles. The monoisotopic (exact) mass is 347 g/mol. The van der Waals surface area contributed by atoms with E-state index < -0.39 is 0 Å². The van der Waals surface area contributed by atoms with Crippen molar-refractivity contribution in [1.82, 2.24) is 10.3 Å². The predicted molar refractivity (Wildman–Crippen MR) is 97.3 cm³/mol. The number of amides is 1. The first-order valence-corrected chi connectivity index (χ1v) is 9.80. The van der Waals surface area contributed by atoms with Gasteiger partial charge in [-0.25, -0.2) is 4.98 Å². The predicted octanol–water partition coefficient (Wildman–Crippen LogP) is 3.41. The number of benzene rings is 1. The molecular weight excluding hydrogens is 326 g/mol. The molecule has 0 spiro atoms. The number of nitrogens with zero attached hydrogens (tertiary/aromatic N) is 2. The second kappa shape index (κ2) is 8.36. The molecule has 2 heterocycles. The Hall–Kier alpha value is -1.53. The second-order valence-corrected chi connectivity index (χ2v) is 7.56. The molecule has 1 aromatic heterocycles. The quantitative estimate of drug-likeness (QED) is 0.780. The van der Waals surface area contributed by atoms with E-state index in [-0.39, 0.29) is 5.91 Å². The largest absolute Gasteiger partial charge is 0.354 e. The van der Waals surface area contributed by atoms with Crippen LogP contribution in [0.4, 0.5) is 5.13 Å². The molecule has 0 aliphatic carbocycles. The number of nitrogens with one attached hydrogen (secondary N) is 1. The Labute approximate surface area is 145 Å². The highest BCUT2D eigenvalue weighted by molar-refractivity contribution is 7.99. The highest BCUT2D eigenvalue weighted by Crippen LogP contribution is 2.26. The Morgan fingerprint density at radius 2 is 2.26 bits per heavy atom. The first-order chi connectivity index (χ1) is 11.3. The van der Waals surface area contributed by atoms with Gasteiger partial charge in [0.15, 0.2) is 5.13 Å². The molecule has 0 radical (unpaired) electrons. The lowest BCUT2D eigenvalue weighted by Crippen LogP contribution is -2.40. The lowest BCUT2D eigenvalue weighted by Gasteiger charge is -2.24. The highest BCUT2D eigenvalue weighted by Gasteiger charge is 2.26. The van der Waals surface area contributed by atoms with E-state index in [2.05, 4.69) is 27.3 Å². The lowest BCUT2D eigenvalue weighted by atomic mass is 10.2. The summed E-state index contributed by atoms with van der Waals surface area (Å²) in [6.07, 6.45) is 4.70. The summed E-state index contributed by atoms with van der Waals surface area (Å²) >= 11 is 3.39. The second-order valence-electron chi connectivity index (χ2n) is 5.52. The van der Waals surface area contributed by atoms with Gasteiger partial charge in [0.05, 0.1) is 0 Å². The SMILES string of the molecule is O=C(CCSc1ccccc1)NC[C@H]1CCCN1c1nccs1. The zero-order valence-corrected chi connectivity index (χ0v) is 14.6. The van der Waals surface area contributed by atoms with Crippen molar-refractivity contribution in [2.45, 2.75) is 30.2 Å². The summed E-state index contributed by atoms with van der Waals surface area (Å²) < 4.78 is 0. The number of thioether (sulfide) groups is 1. The van der Waals surface area contributed by atoms with Crippen molar-refractivity contribution >= 4 is 34.1 Å². The van der Waals surface area contributed by atoms with Crippen LogP contribution in [0.3, 0.4) is 0 Å². The van der Waals surface area contributed by atoms with Gasteiger partial charge in [0, 0.05) is 47.8 Å². The molecule has 1 atom stereocenters. The molecular formula is C17H21N3OS2. The van der Waals surface area contributed by atoms with E-state index in [9.17, 15) is 4.79 Å². The van der Waals surface area contributed by atoms with E-state index in [0.717, 1.165) is 23.8 Å². The molecule has 0 saturated carbocycles. The van der Waals surface area contributed by atoms with Crippen molar-refractivity contribution in [2.75, 3.05) is 23.7 Å². The fourth-order valence-electron chi connectivity index (χ4n) is 2.76. The van der Waals surface area contributed by atoms with Crippen LogP contribution in [0.1, 0.15) is 19.3 Å². The number of rotatable bonds is 7. The summed E-state index contributed by atoms with van der Waals surface area (Å²) in [5, 5.41) is 6.16. The van der Waals surface area contributed by atoms with Crippen molar-refractivity contribution in [3.05, 3.63) is 41.9 Å². The van der Waals surface area contributed by atoms with Crippen molar-refractivity contribution < 1.29 is 4.79 Å². The van der Waals surface area contributed by atoms with Gasteiger partial charge in [0.1, 0.15) is 0 Å². The fraction of sp³-hybridized carbons (Fsp3) is 0.412. The minimum Gasteiger partial charge on any atom is -0.354 e. The van der Waals surface area contributed by atoms with E-state index in [4.69, 9.17) is 0 Å². The molecule has 4 nitrogen and oxygen atoms in total. The van der Waals surface area contributed by atoms with Gasteiger partial charge < -0.3 is 10.2 Å². The maximum absolute atomic E-state index is 12.0. The van der Waals surface area contributed by atoms with Crippen LogP contribution in [0.25, 0.3) is 0 Å². The number of aromatic nitrogens is 1. The first-order valence-electron chi connectivity index (χ1n) is 7.93. The Morgan fingerprint density at radius 1 is 1.39 bits per heavy atom.